The molecule has 0 saturated carbocycles. The van der Waals surface area contributed by atoms with Gasteiger partial charge >= 0.3 is 0 Å². The van der Waals surface area contributed by atoms with E-state index in [4.69, 9.17) is 0 Å². The number of sulfonamides is 1. The van der Waals surface area contributed by atoms with Crippen molar-refractivity contribution in [2.45, 2.75) is 29.2 Å². The maximum Gasteiger partial charge on any atom is 0.251 e. The van der Waals surface area contributed by atoms with Crippen molar-refractivity contribution in [3.63, 3.8) is 0 Å². The lowest BCUT2D eigenvalue weighted by atomic mass is 10.0. The molecule has 1 aliphatic rings. The van der Waals surface area contributed by atoms with E-state index < -0.39 is 10.0 Å². The molecule has 0 unspecified atom stereocenters. The van der Waals surface area contributed by atoms with Crippen molar-refractivity contribution in [3.05, 3.63) is 83.9 Å². The van der Waals surface area contributed by atoms with Crippen molar-refractivity contribution in [1.29, 1.82) is 0 Å². The van der Waals surface area contributed by atoms with Crippen LogP contribution in [0.25, 0.3) is 11.1 Å². The van der Waals surface area contributed by atoms with Crippen LogP contribution in [-0.4, -0.2) is 38.0 Å². The molecule has 0 aromatic heterocycles. The molecule has 3 aromatic carbocycles. The second-order valence-corrected chi connectivity index (χ2v) is 10.6. The molecular weight excluding hydrogens is 440 g/mol. The molecule has 0 spiro atoms. The highest BCUT2D eigenvalue weighted by molar-refractivity contribution is 7.98. The van der Waals surface area contributed by atoms with E-state index in [2.05, 4.69) is 5.32 Å². The lowest BCUT2D eigenvalue weighted by Crippen LogP contribution is -2.27. The third-order valence-electron chi connectivity index (χ3n) is 5.63. The van der Waals surface area contributed by atoms with Gasteiger partial charge in [-0.25, -0.2) is 8.42 Å². The van der Waals surface area contributed by atoms with Crippen LogP contribution in [0.3, 0.4) is 0 Å². The molecule has 0 radical (unpaired) electrons. The first kappa shape index (κ1) is 22.6. The summed E-state index contributed by atoms with van der Waals surface area (Å²) >= 11 is 1.68. The minimum atomic E-state index is -3.43. The van der Waals surface area contributed by atoms with Crippen molar-refractivity contribution in [1.82, 2.24) is 9.62 Å². The zero-order valence-corrected chi connectivity index (χ0v) is 19.6. The van der Waals surface area contributed by atoms with Gasteiger partial charge < -0.3 is 5.32 Å². The van der Waals surface area contributed by atoms with Gasteiger partial charge in [-0.15, -0.1) is 11.8 Å². The zero-order chi connectivity index (χ0) is 22.6. The van der Waals surface area contributed by atoms with Gasteiger partial charge in [0.05, 0.1) is 4.90 Å². The lowest BCUT2D eigenvalue weighted by Gasteiger charge is -2.15. The van der Waals surface area contributed by atoms with Gasteiger partial charge in [0.15, 0.2) is 0 Å². The van der Waals surface area contributed by atoms with Crippen LogP contribution < -0.4 is 5.32 Å². The Morgan fingerprint density at radius 1 is 0.938 bits per heavy atom. The largest absolute Gasteiger partial charge is 0.348 e. The molecule has 32 heavy (non-hydrogen) atoms. The normalized spacial score (nSPS) is 14.4. The van der Waals surface area contributed by atoms with E-state index in [1.807, 2.05) is 48.7 Å². The average molecular weight is 467 g/mol. The zero-order valence-electron chi connectivity index (χ0n) is 18.0. The number of hydrogen-bond acceptors (Lipinski definition) is 4. The van der Waals surface area contributed by atoms with E-state index in [0.29, 0.717) is 30.1 Å². The van der Waals surface area contributed by atoms with Gasteiger partial charge in [0, 0.05) is 30.1 Å². The lowest BCUT2D eigenvalue weighted by molar-refractivity contribution is 0.0951. The molecule has 3 aromatic rings. The second kappa shape index (κ2) is 9.90. The van der Waals surface area contributed by atoms with E-state index in [1.165, 1.54) is 4.90 Å². The Labute approximate surface area is 193 Å². The number of amides is 1. The predicted octanol–water partition coefficient (Wildman–Crippen LogP) is 4.79. The molecule has 1 N–H and O–H groups in total. The molecule has 1 heterocycles. The number of nitrogens with one attached hydrogen (secondary N) is 1. The Bertz CT molecular complexity index is 1180. The van der Waals surface area contributed by atoms with Crippen molar-refractivity contribution >= 4 is 27.7 Å². The molecule has 1 saturated heterocycles. The van der Waals surface area contributed by atoms with Gasteiger partial charge in [-0.2, -0.15) is 4.31 Å². The van der Waals surface area contributed by atoms with Gasteiger partial charge in [-0.05, 0) is 72.2 Å². The van der Waals surface area contributed by atoms with Crippen LogP contribution in [-0.2, 0) is 16.6 Å². The first-order valence-electron chi connectivity index (χ1n) is 10.6. The van der Waals surface area contributed by atoms with Crippen molar-refractivity contribution < 1.29 is 13.2 Å². The molecule has 5 nitrogen and oxygen atoms in total. The molecule has 4 rings (SSSR count). The van der Waals surface area contributed by atoms with E-state index in [0.717, 1.165) is 29.5 Å². The van der Waals surface area contributed by atoms with E-state index in [9.17, 15) is 13.2 Å². The molecule has 0 aliphatic carbocycles. The van der Waals surface area contributed by atoms with Crippen LogP contribution in [0.5, 0.6) is 0 Å². The summed E-state index contributed by atoms with van der Waals surface area (Å²) < 4.78 is 27.0. The average Bonchev–Trinajstić information content (AvgIpc) is 3.39. The van der Waals surface area contributed by atoms with Crippen LogP contribution in [0, 0.1) is 0 Å². The third kappa shape index (κ3) is 5.06. The second-order valence-electron chi connectivity index (χ2n) is 7.75. The number of rotatable bonds is 7. The van der Waals surface area contributed by atoms with Crippen LogP contribution in [0.2, 0.25) is 0 Å². The maximum atomic E-state index is 12.7. The Hall–Kier alpha value is -2.61. The SMILES string of the molecule is CSc1ccc(CNC(=O)c2cccc(-c3ccc(S(=O)(=O)N4CCCC4)cc3)c2)cc1. The van der Waals surface area contributed by atoms with Crippen molar-refractivity contribution in [3.8, 4) is 11.1 Å². The Balaban J connectivity index is 1.45. The smallest absolute Gasteiger partial charge is 0.251 e. The number of nitrogens with zero attached hydrogens (tertiary/aromatic N) is 1. The van der Waals surface area contributed by atoms with Crippen molar-refractivity contribution in [2.24, 2.45) is 0 Å². The molecule has 0 atom stereocenters. The number of benzene rings is 3. The van der Waals surface area contributed by atoms with Gasteiger partial charge in [0.25, 0.3) is 5.91 Å². The van der Waals surface area contributed by atoms with E-state index in [-0.39, 0.29) is 5.91 Å². The first-order chi connectivity index (χ1) is 15.5. The molecular formula is C25H26N2O3S2. The van der Waals surface area contributed by atoms with Crippen LogP contribution >= 0.6 is 11.8 Å². The molecule has 1 fully saturated rings. The van der Waals surface area contributed by atoms with Crippen LogP contribution in [0.15, 0.2) is 82.6 Å². The van der Waals surface area contributed by atoms with Gasteiger partial charge in [-0.1, -0.05) is 36.4 Å². The predicted molar refractivity (Wildman–Crippen MR) is 129 cm³/mol. The quantitative estimate of drug-likeness (QED) is 0.509. The number of thioether (sulfide) groups is 1. The van der Waals surface area contributed by atoms with Crippen LogP contribution in [0.4, 0.5) is 0 Å². The Kier molecular flexibility index (Phi) is 6.98. The molecule has 0 bridgehead atoms. The summed E-state index contributed by atoms with van der Waals surface area (Å²) in [6, 6.07) is 22.4. The van der Waals surface area contributed by atoms with Gasteiger partial charge in [0.1, 0.15) is 0 Å². The summed E-state index contributed by atoms with van der Waals surface area (Å²) in [4.78, 5) is 14.2. The summed E-state index contributed by atoms with van der Waals surface area (Å²) in [5, 5.41) is 2.96. The highest BCUT2D eigenvalue weighted by atomic mass is 32.2. The van der Waals surface area contributed by atoms with Gasteiger partial charge in [0.2, 0.25) is 10.0 Å². The molecule has 1 aliphatic heterocycles. The maximum absolute atomic E-state index is 12.7. The first-order valence-corrected chi connectivity index (χ1v) is 13.3. The highest BCUT2D eigenvalue weighted by Crippen LogP contribution is 2.25. The molecule has 166 valence electrons. The van der Waals surface area contributed by atoms with Crippen molar-refractivity contribution in [2.75, 3.05) is 19.3 Å². The monoisotopic (exact) mass is 466 g/mol. The fourth-order valence-corrected chi connectivity index (χ4v) is 5.69. The standard InChI is InChI=1S/C25H26N2O3S2/c1-31-23-11-7-19(8-12-23)18-26-25(28)22-6-4-5-21(17-22)20-9-13-24(14-10-20)32(29,30)27-15-2-3-16-27/h4-14,17H,2-3,15-16,18H2,1H3,(H,26,28). The summed E-state index contributed by atoms with van der Waals surface area (Å²) in [6.45, 7) is 1.63. The Morgan fingerprint density at radius 3 is 2.28 bits per heavy atom. The number of carbonyl (C=O) groups is 1. The summed E-state index contributed by atoms with van der Waals surface area (Å²) in [6.07, 6.45) is 3.86. The molecule has 1 amide bonds. The Morgan fingerprint density at radius 2 is 1.62 bits per heavy atom. The highest BCUT2D eigenvalue weighted by Gasteiger charge is 2.26. The fourth-order valence-electron chi connectivity index (χ4n) is 3.76. The minimum absolute atomic E-state index is 0.144. The van der Waals surface area contributed by atoms with E-state index in [1.54, 1.807) is 46.4 Å². The van der Waals surface area contributed by atoms with Crippen LogP contribution in [0.1, 0.15) is 28.8 Å². The van der Waals surface area contributed by atoms with E-state index >= 15 is 0 Å². The topological polar surface area (TPSA) is 66.5 Å². The summed E-state index contributed by atoms with van der Waals surface area (Å²) in [7, 11) is -3.43. The minimum Gasteiger partial charge on any atom is -0.348 e. The third-order valence-corrected chi connectivity index (χ3v) is 8.28. The summed E-state index contributed by atoms with van der Waals surface area (Å²) in [5.41, 5.74) is 3.35. The molecule has 7 heteroatoms. The number of hydrogen-bond donors (Lipinski definition) is 1. The summed E-state index contributed by atoms with van der Waals surface area (Å²) in [5.74, 6) is -0.144. The number of carbonyl (C=O) groups excluding carboxylic acids is 1. The fraction of sp³-hybridized carbons (Fsp3) is 0.240. The van der Waals surface area contributed by atoms with Gasteiger partial charge in [-0.3, -0.25) is 4.79 Å².